The molecule has 6 nitrogen and oxygen atoms in total. The predicted molar refractivity (Wildman–Crippen MR) is 128 cm³/mol. The van der Waals surface area contributed by atoms with Gasteiger partial charge in [0.15, 0.2) is 21.4 Å². The number of rotatable bonds is 7. The first-order valence-corrected chi connectivity index (χ1v) is 12.4. The molecule has 0 radical (unpaired) electrons. The standard InChI is InChI=1S/C26H22FN3O3S/c1-33-24-13-10-20(16-22(24)27)25-23(17-28)30(15-14-18-6-4-3-5-7-18)29-26(25)19-8-11-21(12-9-19)34(2,31)32/h3-13,16H,14-15H2,1-2H3. The second-order valence-corrected chi connectivity index (χ2v) is 9.80. The molecule has 0 amide bonds. The minimum Gasteiger partial charge on any atom is -0.494 e. The van der Waals surface area contributed by atoms with Crippen molar-refractivity contribution in [2.45, 2.75) is 17.9 Å². The summed E-state index contributed by atoms with van der Waals surface area (Å²) in [5.41, 5.74) is 3.43. The van der Waals surface area contributed by atoms with Gasteiger partial charge >= 0.3 is 0 Å². The highest BCUT2D eigenvalue weighted by Crippen LogP contribution is 2.36. The van der Waals surface area contributed by atoms with Crippen LogP contribution in [0.4, 0.5) is 4.39 Å². The van der Waals surface area contributed by atoms with Crippen LogP contribution < -0.4 is 4.74 Å². The Bertz CT molecular complexity index is 1470. The third kappa shape index (κ3) is 4.70. The van der Waals surface area contributed by atoms with Crippen LogP contribution in [-0.2, 0) is 22.8 Å². The molecule has 4 aromatic rings. The van der Waals surface area contributed by atoms with Crippen molar-refractivity contribution in [1.29, 1.82) is 5.26 Å². The summed E-state index contributed by atoms with van der Waals surface area (Å²) in [6.07, 6.45) is 1.79. The van der Waals surface area contributed by atoms with Crippen molar-refractivity contribution in [3.63, 3.8) is 0 Å². The van der Waals surface area contributed by atoms with E-state index in [1.807, 2.05) is 30.3 Å². The SMILES string of the molecule is COc1ccc(-c2c(-c3ccc(S(C)(=O)=O)cc3)nn(CCc3ccccc3)c2C#N)cc1F. The van der Waals surface area contributed by atoms with Crippen LogP contribution in [0.2, 0.25) is 0 Å². The number of nitriles is 1. The highest BCUT2D eigenvalue weighted by Gasteiger charge is 2.22. The number of nitrogens with zero attached hydrogens (tertiary/aromatic N) is 3. The first kappa shape index (κ1) is 23.2. The molecule has 0 atom stereocenters. The molecule has 0 N–H and O–H groups in total. The number of benzene rings is 3. The number of hydrogen-bond acceptors (Lipinski definition) is 5. The second-order valence-electron chi connectivity index (χ2n) is 7.79. The molecular weight excluding hydrogens is 453 g/mol. The number of hydrogen-bond donors (Lipinski definition) is 0. The van der Waals surface area contributed by atoms with Gasteiger partial charge in [0.2, 0.25) is 0 Å². The molecule has 8 heteroatoms. The fourth-order valence-corrected chi connectivity index (χ4v) is 4.40. The maximum Gasteiger partial charge on any atom is 0.175 e. The van der Waals surface area contributed by atoms with E-state index in [0.717, 1.165) is 11.8 Å². The molecule has 1 aromatic heterocycles. The van der Waals surface area contributed by atoms with Crippen LogP contribution in [-0.4, -0.2) is 31.6 Å². The molecule has 172 valence electrons. The van der Waals surface area contributed by atoms with E-state index >= 15 is 0 Å². The van der Waals surface area contributed by atoms with Crippen LogP contribution in [0.15, 0.2) is 77.7 Å². The summed E-state index contributed by atoms with van der Waals surface area (Å²) in [5, 5.41) is 14.7. The lowest BCUT2D eigenvalue weighted by molar-refractivity contribution is 0.386. The van der Waals surface area contributed by atoms with E-state index in [0.29, 0.717) is 41.0 Å². The van der Waals surface area contributed by atoms with E-state index < -0.39 is 15.7 Å². The number of aromatic nitrogens is 2. The maximum absolute atomic E-state index is 14.6. The summed E-state index contributed by atoms with van der Waals surface area (Å²) in [5.74, 6) is -0.461. The van der Waals surface area contributed by atoms with Crippen molar-refractivity contribution in [3.05, 3.63) is 89.9 Å². The molecule has 0 aliphatic rings. The Hall–Kier alpha value is -3.96. The van der Waals surface area contributed by atoms with Crippen LogP contribution in [0.1, 0.15) is 11.3 Å². The fraction of sp³-hybridized carbons (Fsp3) is 0.154. The van der Waals surface area contributed by atoms with Gasteiger partial charge in [-0.3, -0.25) is 4.68 Å². The predicted octanol–water partition coefficient (Wildman–Crippen LogP) is 4.88. The Morgan fingerprint density at radius 3 is 2.29 bits per heavy atom. The molecule has 0 unspecified atom stereocenters. The molecule has 3 aromatic carbocycles. The Balaban J connectivity index is 1.85. The van der Waals surface area contributed by atoms with Gasteiger partial charge in [0.1, 0.15) is 17.5 Å². The average Bonchev–Trinajstić information content (AvgIpc) is 3.21. The molecule has 0 aliphatic heterocycles. The molecule has 34 heavy (non-hydrogen) atoms. The number of methoxy groups -OCH3 is 1. The van der Waals surface area contributed by atoms with E-state index in [4.69, 9.17) is 9.84 Å². The summed E-state index contributed by atoms with van der Waals surface area (Å²) in [7, 11) is -1.98. The zero-order valence-electron chi connectivity index (χ0n) is 18.7. The third-order valence-electron chi connectivity index (χ3n) is 5.51. The molecule has 4 rings (SSSR count). The van der Waals surface area contributed by atoms with Crippen molar-refractivity contribution in [3.8, 4) is 34.2 Å². The summed E-state index contributed by atoms with van der Waals surface area (Å²) in [6, 6.07) is 22.8. The Morgan fingerprint density at radius 1 is 1.03 bits per heavy atom. The van der Waals surface area contributed by atoms with Gasteiger partial charge in [0.25, 0.3) is 0 Å². The second kappa shape index (κ2) is 9.49. The lowest BCUT2D eigenvalue weighted by Crippen LogP contribution is -2.06. The van der Waals surface area contributed by atoms with E-state index in [9.17, 15) is 18.1 Å². The van der Waals surface area contributed by atoms with Gasteiger partial charge < -0.3 is 4.74 Å². The van der Waals surface area contributed by atoms with Gasteiger partial charge in [0, 0.05) is 23.9 Å². The first-order chi connectivity index (χ1) is 16.3. The Labute approximate surface area is 197 Å². The van der Waals surface area contributed by atoms with E-state index in [1.165, 1.54) is 31.4 Å². The molecule has 0 fully saturated rings. The normalized spacial score (nSPS) is 11.2. The van der Waals surface area contributed by atoms with Gasteiger partial charge in [-0.25, -0.2) is 12.8 Å². The van der Waals surface area contributed by atoms with E-state index in [2.05, 4.69) is 6.07 Å². The summed E-state index contributed by atoms with van der Waals surface area (Å²) in [4.78, 5) is 0.178. The van der Waals surface area contributed by atoms with Crippen LogP contribution in [0, 0.1) is 17.1 Å². The average molecular weight is 476 g/mol. The van der Waals surface area contributed by atoms with Crippen molar-refractivity contribution in [2.24, 2.45) is 0 Å². The summed E-state index contributed by atoms with van der Waals surface area (Å²) >= 11 is 0. The van der Waals surface area contributed by atoms with Crippen molar-refractivity contribution < 1.29 is 17.5 Å². The largest absolute Gasteiger partial charge is 0.494 e. The quantitative estimate of drug-likeness (QED) is 0.380. The summed E-state index contributed by atoms with van der Waals surface area (Å²) < 4.78 is 45.0. The Morgan fingerprint density at radius 2 is 1.71 bits per heavy atom. The van der Waals surface area contributed by atoms with Gasteiger partial charge in [0.05, 0.1) is 12.0 Å². The van der Waals surface area contributed by atoms with Gasteiger partial charge in [-0.15, -0.1) is 0 Å². The van der Waals surface area contributed by atoms with E-state index in [1.54, 1.807) is 22.9 Å². The van der Waals surface area contributed by atoms with Gasteiger partial charge in [-0.2, -0.15) is 10.4 Å². The minimum atomic E-state index is -3.37. The van der Waals surface area contributed by atoms with Crippen LogP contribution in [0.3, 0.4) is 0 Å². The number of halogens is 1. The van der Waals surface area contributed by atoms with Crippen LogP contribution in [0.5, 0.6) is 5.75 Å². The zero-order chi connectivity index (χ0) is 24.3. The van der Waals surface area contributed by atoms with Crippen molar-refractivity contribution >= 4 is 9.84 Å². The highest BCUT2D eigenvalue weighted by atomic mass is 32.2. The molecule has 0 saturated heterocycles. The Kier molecular flexibility index (Phi) is 6.48. The summed E-state index contributed by atoms with van der Waals surface area (Å²) in [6.45, 7) is 0.444. The molecule has 0 spiro atoms. The monoisotopic (exact) mass is 475 g/mol. The topological polar surface area (TPSA) is 85.0 Å². The van der Waals surface area contributed by atoms with E-state index in [-0.39, 0.29) is 10.6 Å². The zero-order valence-corrected chi connectivity index (χ0v) is 19.5. The number of sulfone groups is 1. The third-order valence-corrected chi connectivity index (χ3v) is 6.64. The molecule has 0 saturated carbocycles. The minimum absolute atomic E-state index is 0.0952. The lowest BCUT2D eigenvalue weighted by atomic mass is 9.99. The number of aryl methyl sites for hydroxylation is 2. The molecular formula is C26H22FN3O3S. The van der Waals surface area contributed by atoms with Crippen molar-refractivity contribution in [2.75, 3.05) is 13.4 Å². The van der Waals surface area contributed by atoms with Crippen molar-refractivity contribution in [1.82, 2.24) is 9.78 Å². The van der Waals surface area contributed by atoms with Crippen LogP contribution >= 0.6 is 0 Å². The maximum atomic E-state index is 14.6. The number of ether oxygens (including phenoxy) is 1. The first-order valence-electron chi connectivity index (χ1n) is 10.5. The van der Waals surface area contributed by atoms with Gasteiger partial charge in [-0.1, -0.05) is 48.5 Å². The lowest BCUT2D eigenvalue weighted by Gasteiger charge is -2.07. The van der Waals surface area contributed by atoms with Crippen LogP contribution in [0.25, 0.3) is 22.4 Å². The highest BCUT2D eigenvalue weighted by molar-refractivity contribution is 7.90. The molecule has 0 bridgehead atoms. The smallest absolute Gasteiger partial charge is 0.175 e. The molecule has 1 heterocycles. The molecule has 0 aliphatic carbocycles. The van der Waals surface area contributed by atoms with Gasteiger partial charge in [-0.05, 0) is 41.8 Å². The fourth-order valence-electron chi connectivity index (χ4n) is 3.77.